The molecule has 3 aromatic carbocycles. The van der Waals surface area contributed by atoms with Crippen LogP contribution < -0.4 is 5.32 Å². The van der Waals surface area contributed by atoms with E-state index in [4.69, 9.17) is 4.74 Å². The fourth-order valence-electron chi connectivity index (χ4n) is 3.46. The molecule has 0 heterocycles. The van der Waals surface area contributed by atoms with Gasteiger partial charge in [0.05, 0.1) is 6.42 Å². The van der Waals surface area contributed by atoms with Gasteiger partial charge in [0.1, 0.15) is 0 Å². The number of nitrogens with one attached hydrogen (secondary N) is 1. The van der Waals surface area contributed by atoms with Crippen LogP contribution in [0.3, 0.4) is 0 Å². The normalized spacial score (nSPS) is 12.0. The summed E-state index contributed by atoms with van der Waals surface area (Å²) < 4.78 is 5.43. The molecule has 0 fully saturated rings. The first kappa shape index (κ1) is 20.6. The van der Waals surface area contributed by atoms with E-state index in [1.807, 2.05) is 67.6 Å². The van der Waals surface area contributed by atoms with Crippen LogP contribution in [0.25, 0.3) is 10.8 Å². The number of hydrogen-bond acceptors (Lipinski definition) is 3. The Morgan fingerprint density at radius 2 is 1.62 bits per heavy atom. The molecule has 150 valence electrons. The second-order valence-corrected chi connectivity index (χ2v) is 7.63. The van der Waals surface area contributed by atoms with Crippen molar-refractivity contribution in [3.63, 3.8) is 0 Å². The summed E-state index contributed by atoms with van der Waals surface area (Å²) >= 11 is 0. The van der Waals surface area contributed by atoms with Crippen LogP contribution in [0.15, 0.2) is 60.7 Å². The lowest BCUT2D eigenvalue weighted by atomic mass is 9.98. The summed E-state index contributed by atoms with van der Waals surface area (Å²) in [7, 11) is 0. The fraction of sp³-hybridized carbons (Fsp3) is 0.280. The second-order valence-electron chi connectivity index (χ2n) is 7.63. The molecule has 0 aliphatic heterocycles. The van der Waals surface area contributed by atoms with E-state index >= 15 is 0 Å². The lowest BCUT2D eigenvalue weighted by Gasteiger charge is -2.19. The van der Waals surface area contributed by atoms with Crippen molar-refractivity contribution in [3.05, 3.63) is 77.4 Å². The van der Waals surface area contributed by atoms with E-state index in [0.717, 1.165) is 33.2 Å². The van der Waals surface area contributed by atoms with Crippen LogP contribution >= 0.6 is 0 Å². The van der Waals surface area contributed by atoms with Crippen LogP contribution in [-0.2, 0) is 20.7 Å². The molecule has 1 N–H and O–H groups in total. The molecule has 4 nitrogen and oxygen atoms in total. The van der Waals surface area contributed by atoms with Crippen LogP contribution in [-0.4, -0.2) is 18.0 Å². The molecule has 3 aromatic rings. The van der Waals surface area contributed by atoms with Crippen molar-refractivity contribution in [1.82, 2.24) is 0 Å². The number of amides is 1. The molecule has 0 saturated carbocycles. The predicted molar refractivity (Wildman–Crippen MR) is 117 cm³/mol. The second kappa shape index (κ2) is 8.91. The molecule has 0 aliphatic carbocycles. The molecule has 0 saturated heterocycles. The van der Waals surface area contributed by atoms with Crippen molar-refractivity contribution in [2.24, 2.45) is 0 Å². The number of carbonyl (C=O) groups excluding carboxylic acids is 2. The number of benzene rings is 3. The highest BCUT2D eigenvalue weighted by atomic mass is 16.5. The van der Waals surface area contributed by atoms with Crippen LogP contribution in [0.5, 0.6) is 0 Å². The Hall–Kier alpha value is -3.14. The minimum atomic E-state index is -0.878. The lowest BCUT2D eigenvalue weighted by Crippen LogP contribution is -2.31. The molecule has 0 radical (unpaired) electrons. The van der Waals surface area contributed by atoms with Gasteiger partial charge in [-0.25, -0.2) is 0 Å². The average molecular weight is 389 g/mol. The summed E-state index contributed by atoms with van der Waals surface area (Å²) in [6.45, 7) is 7.72. The van der Waals surface area contributed by atoms with Crippen molar-refractivity contribution < 1.29 is 14.3 Å². The van der Waals surface area contributed by atoms with E-state index in [1.165, 1.54) is 0 Å². The molecule has 1 atom stereocenters. The van der Waals surface area contributed by atoms with E-state index in [-0.39, 0.29) is 18.2 Å². The number of para-hydroxylation sites is 1. The van der Waals surface area contributed by atoms with E-state index in [0.29, 0.717) is 0 Å². The zero-order valence-corrected chi connectivity index (χ0v) is 17.4. The van der Waals surface area contributed by atoms with Crippen LogP contribution in [0.1, 0.15) is 43.4 Å². The Morgan fingerprint density at radius 3 is 2.38 bits per heavy atom. The van der Waals surface area contributed by atoms with Gasteiger partial charge in [-0.3, -0.25) is 9.59 Å². The quantitative estimate of drug-likeness (QED) is 0.576. The van der Waals surface area contributed by atoms with Gasteiger partial charge in [-0.05, 0) is 47.2 Å². The van der Waals surface area contributed by atoms with Gasteiger partial charge < -0.3 is 10.1 Å². The molecule has 1 amide bonds. The first-order chi connectivity index (χ1) is 13.9. The van der Waals surface area contributed by atoms with Gasteiger partial charge in [-0.2, -0.15) is 0 Å². The summed E-state index contributed by atoms with van der Waals surface area (Å²) in [6, 6.07) is 19.7. The van der Waals surface area contributed by atoms with Crippen molar-refractivity contribution in [3.8, 4) is 0 Å². The van der Waals surface area contributed by atoms with Gasteiger partial charge in [0.2, 0.25) is 0 Å². The van der Waals surface area contributed by atoms with E-state index in [2.05, 4.69) is 19.2 Å². The first-order valence-corrected chi connectivity index (χ1v) is 9.93. The number of fused-ring (bicyclic) bond motifs is 1. The summed E-state index contributed by atoms with van der Waals surface area (Å²) in [4.78, 5) is 25.1. The number of anilines is 1. The topological polar surface area (TPSA) is 55.4 Å². The highest BCUT2D eigenvalue weighted by molar-refractivity contribution is 5.97. The number of ether oxygens (including phenoxy) is 1. The van der Waals surface area contributed by atoms with Gasteiger partial charge in [0.25, 0.3) is 5.91 Å². The molecule has 0 unspecified atom stereocenters. The van der Waals surface area contributed by atoms with Gasteiger partial charge >= 0.3 is 5.97 Å². The largest absolute Gasteiger partial charge is 0.452 e. The Labute approximate surface area is 171 Å². The van der Waals surface area contributed by atoms with Crippen LogP contribution in [0, 0.1) is 6.92 Å². The first-order valence-electron chi connectivity index (χ1n) is 9.93. The van der Waals surface area contributed by atoms with E-state index in [9.17, 15) is 9.59 Å². The standard InChI is InChI=1S/C25H27NO3/c1-16(2)21-14-7-9-17(3)24(21)26-25(28)18(4)29-23(27)15-20-12-8-11-19-10-5-6-13-22(19)20/h5-14,16,18H,15H2,1-4H3,(H,26,28)/t18-/m1/s1. The molecule has 3 rings (SSSR count). The smallest absolute Gasteiger partial charge is 0.311 e. The zero-order valence-electron chi connectivity index (χ0n) is 17.4. The summed E-state index contributed by atoms with van der Waals surface area (Å²) in [5.74, 6) is -0.472. The van der Waals surface area contributed by atoms with E-state index < -0.39 is 12.1 Å². The average Bonchev–Trinajstić information content (AvgIpc) is 2.69. The Morgan fingerprint density at radius 1 is 0.931 bits per heavy atom. The highest BCUT2D eigenvalue weighted by Gasteiger charge is 2.21. The molecule has 4 heteroatoms. The summed E-state index contributed by atoms with van der Waals surface area (Å²) in [5.41, 5.74) is 3.73. The van der Waals surface area contributed by atoms with Crippen molar-refractivity contribution in [1.29, 1.82) is 0 Å². The number of aryl methyl sites for hydroxylation is 1. The maximum Gasteiger partial charge on any atom is 0.311 e. The molecule has 29 heavy (non-hydrogen) atoms. The molecular formula is C25H27NO3. The van der Waals surface area contributed by atoms with Gasteiger partial charge in [-0.15, -0.1) is 0 Å². The SMILES string of the molecule is Cc1cccc(C(C)C)c1NC(=O)[C@@H](C)OC(=O)Cc1cccc2ccccc12. The van der Waals surface area contributed by atoms with Crippen molar-refractivity contribution in [2.45, 2.75) is 46.1 Å². The number of rotatable bonds is 6. The fourth-order valence-corrected chi connectivity index (χ4v) is 3.46. The Bertz CT molecular complexity index is 1030. The number of hydrogen-bond donors (Lipinski definition) is 1. The van der Waals surface area contributed by atoms with Crippen LogP contribution in [0.4, 0.5) is 5.69 Å². The summed E-state index contributed by atoms with van der Waals surface area (Å²) in [6.07, 6.45) is -0.752. The van der Waals surface area contributed by atoms with Gasteiger partial charge in [-0.1, -0.05) is 74.5 Å². The highest BCUT2D eigenvalue weighted by Crippen LogP contribution is 2.27. The number of esters is 1. The lowest BCUT2D eigenvalue weighted by molar-refractivity contribution is -0.152. The van der Waals surface area contributed by atoms with E-state index in [1.54, 1.807) is 6.92 Å². The summed E-state index contributed by atoms with van der Waals surface area (Å²) in [5, 5.41) is 5.04. The minimum Gasteiger partial charge on any atom is -0.452 e. The number of carbonyl (C=O) groups is 2. The molecular weight excluding hydrogens is 362 g/mol. The maximum absolute atomic E-state index is 12.7. The van der Waals surface area contributed by atoms with Crippen molar-refractivity contribution in [2.75, 3.05) is 5.32 Å². The maximum atomic E-state index is 12.7. The predicted octanol–water partition coefficient (Wildman–Crippen LogP) is 5.38. The monoisotopic (exact) mass is 389 g/mol. The molecule has 0 aromatic heterocycles. The van der Waals surface area contributed by atoms with Crippen LogP contribution in [0.2, 0.25) is 0 Å². The minimum absolute atomic E-state index is 0.126. The third kappa shape index (κ3) is 4.83. The van der Waals surface area contributed by atoms with Gasteiger partial charge in [0, 0.05) is 5.69 Å². The zero-order chi connectivity index (χ0) is 21.0. The molecule has 0 aliphatic rings. The van der Waals surface area contributed by atoms with Crippen molar-refractivity contribution >= 4 is 28.3 Å². The Balaban J connectivity index is 1.68. The Kier molecular flexibility index (Phi) is 6.32. The molecule has 0 spiro atoms. The third-order valence-electron chi connectivity index (χ3n) is 5.07. The van der Waals surface area contributed by atoms with Gasteiger partial charge in [0.15, 0.2) is 6.10 Å². The third-order valence-corrected chi connectivity index (χ3v) is 5.07. The molecule has 0 bridgehead atoms.